The molecule has 0 aromatic carbocycles. The Balaban J connectivity index is 1.74. The Labute approximate surface area is 101 Å². The van der Waals surface area contributed by atoms with Crippen LogP contribution >= 0.6 is 0 Å². The summed E-state index contributed by atoms with van der Waals surface area (Å²) < 4.78 is 2.11. The van der Waals surface area contributed by atoms with E-state index in [0.29, 0.717) is 6.04 Å². The smallest absolute Gasteiger partial charge is 0.268 e. The van der Waals surface area contributed by atoms with Crippen LogP contribution in [0.15, 0.2) is 18.3 Å². The van der Waals surface area contributed by atoms with Gasteiger partial charge in [-0.1, -0.05) is 0 Å². The topological polar surface area (TPSA) is 46.1 Å². The van der Waals surface area contributed by atoms with Crippen molar-refractivity contribution in [3.8, 4) is 0 Å². The maximum atomic E-state index is 12.3. The fraction of sp³-hybridized carbons (Fsp3) is 0.615. The van der Waals surface area contributed by atoms with Crippen molar-refractivity contribution in [1.82, 2.24) is 15.2 Å². The molecule has 4 nitrogen and oxygen atoms in total. The molecule has 1 saturated carbocycles. The van der Waals surface area contributed by atoms with Gasteiger partial charge in [-0.3, -0.25) is 4.79 Å². The third kappa shape index (κ3) is 2.09. The van der Waals surface area contributed by atoms with E-state index in [1.54, 1.807) is 0 Å². The van der Waals surface area contributed by atoms with E-state index in [1.165, 1.54) is 12.8 Å². The Morgan fingerprint density at radius 3 is 3.06 bits per heavy atom. The average molecular weight is 233 g/mol. The molecule has 1 aromatic rings. The first kappa shape index (κ1) is 10.8. The van der Waals surface area contributed by atoms with Gasteiger partial charge < -0.3 is 15.2 Å². The second-order valence-corrected chi connectivity index (χ2v) is 5.47. The summed E-state index contributed by atoms with van der Waals surface area (Å²) in [5.41, 5.74) is 0.719. The van der Waals surface area contributed by atoms with Crippen molar-refractivity contribution in [2.24, 2.45) is 0 Å². The van der Waals surface area contributed by atoms with E-state index in [4.69, 9.17) is 0 Å². The first-order chi connectivity index (χ1) is 8.18. The van der Waals surface area contributed by atoms with Crippen LogP contribution in [0.4, 0.5) is 0 Å². The molecule has 1 saturated heterocycles. The van der Waals surface area contributed by atoms with Gasteiger partial charge >= 0.3 is 0 Å². The second-order valence-electron chi connectivity index (χ2n) is 5.47. The summed E-state index contributed by atoms with van der Waals surface area (Å²) >= 11 is 0. The molecule has 0 spiro atoms. The lowest BCUT2D eigenvalue weighted by Crippen LogP contribution is -2.47. The van der Waals surface area contributed by atoms with Crippen molar-refractivity contribution in [3.63, 3.8) is 0 Å². The molecule has 1 atom stereocenters. The van der Waals surface area contributed by atoms with Crippen molar-refractivity contribution in [1.29, 1.82) is 0 Å². The minimum Gasteiger partial charge on any atom is -0.344 e. The Bertz CT molecular complexity index is 428. The van der Waals surface area contributed by atoms with Crippen molar-refractivity contribution < 1.29 is 4.79 Å². The Kier molecular flexibility index (Phi) is 2.47. The van der Waals surface area contributed by atoms with Gasteiger partial charge in [0.25, 0.3) is 5.91 Å². The standard InChI is InChI=1S/C13H19N3O/c1-13(6-7-14-9-13)15-12(17)11-3-2-8-16(11)10-4-5-10/h2-3,8,10,14H,4-7,9H2,1H3,(H,15,17). The van der Waals surface area contributed by atoms with Crippen molar-refractivity contribution >= 4 is 5.91 Å². The molecule has 2 heterocycles. The summed E-state index contributed by atoms with van der Waals surface area (Å²) in [6, 6.07) is 4.43. The highest BCUT2D eigenvalue weighted by molar-refractivity contribution is 5.93. The summed E-state index contributed by atoms with van der Waals surface area (Å²) in [5, 5.41) is 6.45. The summed E-state index contributed by atoms with van der Waals surface area (Å²) in [6.07, 6.45) is 5.42. The van der Waals surface area contributed by atoms with Crippen LogP contribution in [0.1, 0.15) is 42.7 Å². The minimum absolute atomic E-state index is 0.0631. The van der Waals surface area contributed by atoms with E-state index in [0.717, 1.165) is 25.2 Å². The molecular formula is C13H19N3O. The first-order valence-electron chi connectivity index (χ1n) is 6.38. The quantitative estimate of drug-likeness (QED) is 0.826. The van der Waals surface area contributed by atoms with E-state index in [2.05, 4.69) is 22.1 Å². The fourth-order valence-corrected chi connectivity index (χ4v) is 2.52. The SMILES string of the molecule is CC1(NC(=O)c2cccn2C2CC2)CCNC1. The molecular weight excluding hydrogens is 214 g/mol. The van der Waals surface area contributed by atoms with Gasteiger partial charge in [-0.25, -0.2) is 0 Å². The Morgan fingerprint density at radius 1 is 1.59 bits per heavy atom. The summed E-state index contributed by atoms with van der Waals surface area (Å²) in [7, 11) is 0. The van der Waals surface area contributed by atoms with Gasteiger partial charge in [-0.2, -0.15) is 0 Å². The van der Waals surface area contributed by atoms with Crippen LogP contribution in [0.5, 0.6) is 0 Å². The van der Waals surface area contributed by atoms with E-state index < -0.39 is 0 Å². The second kappa shape index (κ2) is 3.88. The molecule has 2 N–H and O–H groups in total. The zero-order chi connectivity index (χ0) is 11.9. The van der Waals surface area contributed by atoms with Crippen LogP contribution in [0.2, 0.25) is 0 Å². The predicted molar refractivity (Wildman–Crippen MR) is 66.1 cm³/mol. The number of amides is 1. The van der Waals surface area contributed by atoms with Crippen LogP contribution in [0.3, 0.4) is 0 Å². The molecule has 1 amide bonds. The minimum atomic E-state index is -0.0876. The Morgan fingerprint density at radius 2 is 2.41 bits per heavy atom. The highest BCUT2D eigenvalue weighted by Crippen LogP contribution is 2.36. The molecule has 0 radical (unpaired) electrons. The van der Waals surface area contributed by atoms with Crippen LogP contribution in [-0.4, -0.2) is 29.1 Å². The first-order valence-corrected chi connectivity index (χ1v) is 6.38. The normalized spacial score (nSPS) is 28.3. The molecule has 4 heteroatoms. The third-order valence-electron chi connectivity index (χ3n) is 3.74. The van der Waals surface area contributed by atoms with Gasteiger partial charge in [0.15, 0.2) is 0 Å². The van der Waals surface area contributed by atoms with Gasteiger partial charge in [-0.05, 0) is 44.9 Å². The molecule has 3 rings (SSSR count). The zero-order valence-electron chi connectivity index (χ0n) is 10.2. The monoisotopic (exact) mass is 233 g/mol. The van der Waals surface area contributed by atoms with Crippen molar-refractivity contribution in [2.75, 3.05) is 13.1 Å². The lowest BCUT2D eigenvalue weighted by Gasteiger charge is -2.24. The number of nitrogens with zero attached hydrogens (tertiary/aromatic N) is 1. The Hall–Kier alpha value is -1.29. The van der Waals surface area contributed by atoms with Gasteiger partial charge in [-0.15, -0.1) is 0 Å². The van der Waals surface area contributed by atoms with Crippen molar-refractivity contribution in [2.45, 2.75) is 37.8 Å². The molecule has 1 aliphatic carbocycles. The highest BCUT2D eigenvalue weighted by atomic mass is 16.2. The van der Waals surface area contributed by atoms with E-state index >= 15 is 0 Å². The van der Waals surface area contributed by atoms with Gasteiger partial charge in [0.2, 0.25) is 0 Å². The molecule has 0 bridgehead atoms. The molecule has 92 valence electrons. The number of nitrogens with one attached hydrogen (secondary N) is 2. The largest absolute Gasteiger partial charge is 0.344 e. The van der Waals surface area contributed by atoms with Crippen LogP contribution < -0.4 is 10.6 Å². The van der Waals surface area contributed by atoms with E-state index in [-0.39, 0.29) is 11.4 Å². The molecule has 2 fully saturated rings. The lowest BCUT2D eigenvalue weighted by atomic mass is 10.0. The number of rotatable bonds is 3. The predicted octanol–water partition coefficient (Wildman–Crippen LogP) is 1.30. The zero-order valence-corrected chi connectivity index (χ0v) is 10.2. The van der Waals surface area contributed by atoms with Crippen LogP contribution in [0.25, 0.3) is 0 Å². The maximum Gasteiger partial charge on any atom is 0.268 e. The molecule has 17 heavy (non-hydrogen) atoms. The van der Waals surface area contributed by atoms with Crippen LogP contribution in [-0.2, 0) is 0 Å². The van der Waals surface area contributed by atoms with Crippen LogP contribution in [0, 0.1) is 0 Å². The number of aromatic nitrogens is 1. The summed E-state index contributed by atoms with van der Waals surface area (Å²) in [4.78, 5) is 12.3. The number of carbonyl (C=O) groups excluding carboxylic acids is 1. The molecule has 1 aromatic heterocycles. The number of hydrogen-bond donors (Lipinski definition) is 2. The van der Waals surface area contributed by atoms with Gasteiger partial charge in [0, 0.05) is 18.8 Å². The maximum absolute atomic E-state index is 12.3. The number of hydrogen-bond acceptors (Lipinski definition) is 2. The molecule has 2 aliphatic rings. The molecule has 1 unspecified atom stereocenters. The molecule has 1 aliphatic heterocycles. The van der Waals surface area contributed by atoms with Crippen molar-refractivity contribution in [3.05, 3.63) is 24.0 Å². The highest BCUT2D eigenvalue weighted by Gasteiger charge is 2.32. The fourth-order valence-electron chi connectivity index (χ4n) is 2.52. The summed E-state index contributed by atoms with van der Waals surface area (Å²) in [5.74, 6) is 0.0631. The van der Waals surface area contributed by atoms with Gasteiger partial charge in [0.1, 0.15) is 5.69 Å². The van der Waals surface area contributed by atoms with E-state index in [1.807, 2.05) is 18.3 Å². The summed E-state index contributed by atoms with van der Waals surface area (Å²) in [6.45, 7) is 3.96. The van der Waals surface area contributed by atoms with Gasteiger partial charge in [0.05, 0.1) is 5.54 Å². The third-order valence-corrected chi connectivity index (χ3v) is 3.74. The lowest BCUT2D eigenvalue weighted by molar-refractivity contribution is 0.0903. The number of carbonyl (C=O) groups is 1. The average Bonchev–Trinajstić information content (AvgIpc) is 2.86. The van der Waals surface area contributed by atoms with E-state index in [9.17, 15) is 4.79 Å².